The molecule has 0 saturated heterocycles. The zero-order chi connectivity index (χ0) is 15.8. The van der Waals surface area contributed by atoms with E-state index in [1.807, 2.05) is 0 Å². The summed E-state index contributed by atoms with van der Waals surface area (Å²) < 4.78 is 0. The molecular weight excluding hydrogens is 254 g/mol. The molecule has 0 heterocycles. The first-order chi connectivity index (χ1) is 10.1. The van der Waals surface area contributed by atoms with Gasteiger partial charge in [0.25, 0.3) is 0 Å². The van der Waals surface area contributed by atoms with E-state index in [0.29, 0.717) is 0 Å². The molecule has 21 heavy (non-hydrogen) atoms. The fourth-order valence-electron chi connectivity index (χ4n) is 2.79. The molecule has 1 nitrogen and oxygen atoms in total. The summed E-state index contributed by atoms with van der Waals surface area (Å²) in [6.45, 7) is 11.8. The van der Waals surface area contributed by atoms with E-state index in [-0.39, 0.29) is 0 Å². The van der Waals surface area contributed by atoms with Crippen molar-refractivity contribution in [1.29, 1.82) is 0 Å². The first-order valence-corrected chi connectivity index (χ1v) is 9.83. The van der Waals surface area contributed by atoms with Crippen molar-refractivity contribution < 1.29 is 0 Å². The maximum absolute atomic E-state index is 3.60. The zero-order valence-electron chi connectivity index (χ0n) is 15.6. The first kappa shape index (κ1) is 21.0. The highest BCUT2D eigenvalue weighted by Crippen LogP contribution is 2.11. The normalized spacial score (nSPS) is 11.7. The highest BCUT2D eigenvalue weighted by atomic mass is 14.8. The van der Waals surface area contributed by atoms with Gasteiger partial charge >= 0.3 is 0 Å². The van der Waals surface area contributed by atoms with Crippen LogP contribution in [0.1, 0.15) is 105 Å². The predicted molar refractivity (Wildman–Crippen MR) is 97.9 cm³/mol. The van der Waals surface area contributed by atoms with Crippen LogP contribution in [-0.4, -0.2) is 13.1 Å². The summed E-state index contributed by atoms with van der Waals surface area (Å²) in [4.78, 5) is 0. The third-order valence-electron chi connectivity index (χ3n) is 4.27. The largest absolute Gasteiger partial charge is 0.317 e. The van der Waals surface area contributed by atoms with Gasteiger partial charge in [0.1, 0.15) is 0 Å². The van der Waals surface area contributed by atoms with Crippen molar-refractivity contribution in [2.45, 2.75) is 105 Å². The molecule has 0 aliphatic carbocycles. The van der Waals surface area contributed by atoms with E-state index in [0.717, 1.165) is 11.8 Å². The van der Waals surface area contributed by atoms with Crippen molar-refractivity contribution in [2.24, 2.45) is 11.8 Å². The van der Waals surface area contributed by atoms with Crippen LogP contribution in [-0.2, 0) is 0 Å². The minimum atomic E-state index is 0.886. The van der Waals surface area contributed by atoms with E-state index in [9.17, 15) is 0 Å². The van der Waals surface area contributed by atoms with Gasteiger partial charge in [0.2, 0.25) is 0 Å². The standard InChI is InChI=1S/C20H43N/c1-19(2)15-11-7-5-9-13-17-21-18-14-10-6-8-12-16-20(3)4/h19-21H,5-18H2,1-4H3. The van der Waals surface area contributed by atoms with Crippen LogP contribution in [0.5, 0.6) is 0 Å². The smallest absolute Gasteiger partial charge is 0.00489 e. The van der Waals surface area contributed by atoms with Crippen LogP contribution in [0.15, 0.2) is 0 Å². The lowest BCUT2D eigenvalue weighted by Crippen LogP contribution is -2.16. The number of rotatable bonds is 16. The van der Waals surface area contributed by atoms with Crippen LogP contribution in [0.4, 0.5) is 0 Å². The lowest BCUT2D eigenvalue weighted by Gasteiger charge is -2.06. The van der Waals surface area contributed by atoms with E-state index in [1.54, 1.807) is 0 Å². The number of hydrogen-bond acceptors (Lipinski definition) is 1. The van der Waals surface area contributed by atoms with E-state index < -0.39 is 0 Å². The molecule has 0 bridgehead atoms. The lowest BCUT2D eigenvalue weighted by atomic mass is 10.0. The zero-order valence-corrected chi connectivity index (χ0v) is 15.6. The summed E-state index contributed by atoms with van der Waals surface area (Å²) in [5.74, 6) is 1.77. The molecule has 0 atom stereocenters. The molecule has 1 heteroatoms. The second kappa shape index (κ2) is 16.3. The highest BCUT2D eigenvalue weighted by Gasteiger charge is 1.96. The lowest BCUT2D eigenvalue weighted by molar-refractivity contribution is 0.499. The van der Waals surface area contributed by atoms with Gasteiger partial charge in [-0.05, 0) is 37.8 Å². The van der Waals surface area contributed by atoms with Crippen LogP contribution < -0.4 is 5.32 Å². The van der Waals surface area contributed by atoms with Gasteiger partial charge in [-0.3, -0.25) is 0 Å². The van der Waals surface area contributed by atoms with Crippen LogP contribution in [0.25, 0.3) is 0 Å². The Hall–Kier alpha value is -0.0400. The summed E-state index contributed by atoms with van der Waals surface area (Å²) in [5, 5.41) is 3.60. The summed E-state index contributed by atoms with van der Waals surface area (Å²) >= 11 is 0. The van der Waals surface area contributed by atoms with Gasteiger partial charge in [-0.1, -0.05) is 91.9 Å². The van der Waals surface area contributed by atoms with Gasteiger partial charge in [-0.15, -0.1) is 0 Å². The van der Waals surface area contributed by atoms with Crippen LogP contribution >= 0.6 is 0 Å². The minimum Gasteiger partial charge on any atom is -0.317 e. The van der Waals surface area contributed by atoms with Crippen LogP contribution in [0.2, 0.25) is 0 Å². The molecule has 0 rings (SSSR count). The second-order valence-corrected chi connectivity index (χ2v) is 7.65. The molecule has 0 aromatic heterocycles. The Morgan fingerprint density at radius 2 is 0.810 bits per heavy atom. The van der Waals surface area contributed by atoms with Gasteiger partial charge < -0.3 is 5.32 Å². The number of nitrogens with one attached hydrogen (secondary N) is 1. The maximum Gasteiger partial charge on any atom is -0.00489 e. The Balaban J connectivity index is 2.96. The molecule has 0 aromatic rings. The molecule has 0 saturated carbocycles. The Morgan fingerprint density at radius 1 is 0.476 bits per heavy atom. The number of hydrogen-bond donors (Lipinski definition) is 1. The Kier molecular flexibility index (Phi) is 16.3. The van der Waals surface area contributed by atoms with Crippen molar-refractivity contribution in [3.8, 4) is 0 Å². The van der Waals surface area contributed by atoms with E-state index in [2.05, 4.69) is 33.0 Å². The van der Waals surface area contributed by atoms with Gasteiger partial charge in [0.15, 0.2) is 0 Å². The summed E-state index contributed by atoms with van der Waals surface area (Å²) in [7, 11) is 0. The fraction of sp³-hybridized carbons (Fsp3) is 1.00. The summed E-state index contributed by atoms with van der Waals surface area (Å²) in [6.07, 6.45) is 17.0. The first-order valence-electron chi connectivity index (χ1n) is 9.83. The quantitative estimate of drug-likeness (QED) is 0.318. The van der Waals surface area contributed by atoms with Gasteiger partial charge in [-0.25, -0.2) is 0 Å². The van der Waals surface area contributed by atoms with Crippen LogP contribution in [0, 0.1) is 11.8 Å². The third kappa shape index (κ3) is 20.0. The Morgan fingerprint density at radius 3 is 1.19 bits per heavy atom. The molecular formula is C20H43N. The molecule has 0 spiro atoms. The fourth-order valence-corrected chi connectivity index (χ4v) is 2.79. The van der Waals surface area contributed by atoms with Crippen molar-refractivity contribution in [1.82, 2.24) is 5.32 Å². The molecule has 128 valence electrons. The van der Waals surface area contributed by atoms with Crippen molar-refractivity contribution in [3.63, 3.8) is 0 Å². The molecule has 0 amide bonds. The molecule has 0 aliphatic heterocycles. The molecule has 0 unspecified atom stereocenters. The predicted octanol–water partition coefficient (Wildman–Crippen LogP) is 6.57. The van der Waals surface area contributed by atoms with E-state index in [4.69, 9.17) is 0 Å². The molecule has 0 aliphatic rings. The minimum absolute atomic E-state index is 0.886. The molecule has 1 N–H and O–H groups in total. The van der Waals surface area contributed by atoms with Crippen molar-refractivity contribution in [2.75, 3.05) is 13.1 Å². The van der Waals surface area contributed by atoms with Crippen molar-refractivity contribution >= 4 is 0 Å². The SMILES string of the molecule is CC(C)CCCCCCCNCCCCCCCC(C)C. The molecule has 0 fully saturated rings. The molecule has 0 radical (unpaired) electrons. The average Bonchev–Trinajstić information content (AvgIpc) is 2.42. The monoisotopic (exact) mass is 297 g/mol. The molecule has 0 aromatic carbocycles. The number of unbranched alkanes of at least 4 members (excludes halogenated alkanes) is 8. The highest BCUT2D eigenvalue weighted by molar-refractivity contribution is 4.53. The van der Waals surface area contributed by atoms with Crippen molar-refractivity contribution in [3.05, 3.63) is 0 Å². The topological polar surface area (TPSA) is 12.0 Å². The average molecular weight is 298 g/mol. The van der Waals surface area contributed by atoms with E-state index in [1.165, 1.54) is 90.1 Å². The Labute approximate surface area is 135 Å². The van der Waals surface area contributed by atoms with Crippen LogP contribution in [0.3, 0.4) is 0 Å². The summed E-state index contributed by atoms with van der Waals surface area (Å²) in [6, 6.07) is 0. The second-order valence-electron chi connectivity index (χ2n) is 7.65. The Bertz CT molecular complexity index is 166. The van der Waals surface area contributed by atoms with Gasteiger partial charge in [-0.2, -0.15) is 0 Å². The summed E-state index contributed by atoms with van der Waals surface area (Å²) in [5.41, 5.74) is 0. The van der Waals surface area contributed by atoms with Gasteiger partial charge in [0.05, 0.1) is 0 Å². The third-order valence-corrected chi connectivity index (χ3v) is 4.27. The van der Waals surface area contributed by atoms with Gasteiger partial charge in [0, 0.05) is 0 Å². The maximum atomic E-state index is 3.60. The van der Waals surface area contributed by atoms with E-state index >= 15 is 0 Å².